The zero-order valence-electron chi connectivity index (χ0n) is 21.7. The Kier molecular flexibility index (Phi) is 7.00. The first kappa shape index (κ1) is 26.6. The third-order valence-corrected chi connectivity index (χ3v) is 6.96. The number of fused-ring (bicyclic) bond motifs is 2. The van der Waals surface area contributed by atoms with Gasteiger partial charge in [-0.1, -0.05) is 48.0 Å². The summed E-state index contributed by atoms with van der Waals surface area (Å²) in [7, 11) is 0. The number of hydrogen-bond acceptors (Lipinski definition) is 6. The van der Waals surface area contributed by atoms with Gasteiger partial charge in [0.15, 0.2) is 5.82 Å². The van der Waals surface area contributed by atoms with Gasteiger partial charge in [0.25, 0.3) is 0 Å². The molecule has 1 atom stereocenters. The van der Waals surface area contributed by atoms with Gasteiger partial charge in [-0.2, -0.15) is 19.6 Å². The summed E-state index contributed by atoms with van der Waals surface area (Å²) >= 11 is 6.47. The fraction of sp³-hybridized carbons (Fsp3) is 0.310. The number of carbonyl (C=O) groups is 1. The molecular formula is C29H26ClF2N5O2. The van der Waals surface area contributed by atoms with E-state index < -0.39 is 29.6 Å². The first-order valence-corrected chi connectivity index (χ1v) is 12.9. The third kappa shape index (κ3) is 5.17. The van der Waals surface area contributed by atoms with Gasteiger partial charge < -0.3 is 14.5 Å². The first-order valence-electron chi connectivity index (χ1n) is 12.5. The number of halogens is 3. The van der Waals surface area contributed by atoms with Crippen molar-refractivity contribution in [3.8, 4) is 17.2 Å². The van der Waals surface area contributed by atoms with Gasteiger partial charge >= 0.3 is 12.2 Å². The summed E-state index contributed by atoms with van der Waals surface area (Å²) in [6.45, 7) is 6.01. The van der Waals surface area contributed by atoms with Gasteiger partial charge in [-0.15, -0.1) is 0 Å². The highest BCUT2D eigenvalue weighted by Crippen LogP contribution is 2.38. The van der Waals surface area contributed by atoms with Gasteiger partial charge in [0.05, 0.1) is 18.5 Å². The zero-order valence-corrected chi connectivity index (χ0v) is 22.5. The van der Waals surface area contributed by atoms with E-state index in [0.29, 0.717) is 21.4 Å². The summed E-state index contributed by atoms with van der Waals surface area (Å²) in [6.07, 6.45) is -1.55. The number of hydrogen-bond donors (Lipinski definition) is 0. The highest BCUT2D eigenvalue weighted by molar-refractivity contribution is 6.36. The molecule has 1 aliphatic heterocycles. The smallest absolute Gasteiger partial charge is 0.410 e. The molecule has 1 amide bonds. The van der Waals surface area contributed by atoms with E-state index in [9.17, 15) is 14.4 Å². The van der Waals surface area contributed by atoms with Crippen molar-refractivity contribution < 1.29 is 18.3 Å². The Morgan fingerprint density at radius 1 is 1.10 bits per heavy atom. The Balaban J connectivity index is 1.55. The minimum atomic E-state index is -1.07. The molecule has 3 aromatic carbocycles. The second-order valence-electron chi connectivity index (χ2n) is 10.4. The number of nitrogens with zero attached hydrogens (tertiary/aromatic N) is 5. The molecule has 39 heavy (non-hydrogen) atoms. The van der Waals surface area contributed by atoms with Crippen molar-refractivity contribution in [2.45, 2.75) is 38.8 Å². The minimum Gasteiger partial charge on any atom is -0.444 e. The molecule has 0 aliphatic carbocycles. The fourth-order valence-electron chi connectivity index (χ4n) is 4.98. The van der Waals surface area contributed by atoms with Crippen LogP contribution in [0.15, 0.2) is 48.5 Å². The van der Waals surface area contributed by atoms with Crippen LogP contribution in [0.3, 0.4) is 0 Å². The molecule has 0 N–H and O–H groups in total. The van der Waals surface area contributed by atoms with Crippen LogP contribution in [0.25, 0.3) is 32.8 Å². The van der Waals surface area contributed by atoms with E-state index in [1.165, 1.54) is 4.90 Å². The molecule has 1 saturated heterocycles. The van der Waals surface area contributed by atoms with Crippen LogP contribution >= 0.6 is 11.6 Å². The summed E-state index contributed by atoms with van der Waals surface area (Å²) in [6, 6.07) is 15.8. The Bertz CT molecular complexity index is 1630. The molecule has 0 radical (unpaired) electrons. The van der Waals surface area contributed by atoms with Crippen LogP contribution in [0.4, 0.5) is 19.4 Å². The summed E-state index contributed by atoms with van der Waals surface area (Å²) in [4.78, 5) is 23.8. The first-order chi connectivity index (χ1) is 18.6. The number of amides is 1. The van der Waals surface area contributed by atoms with E-state index in [4.69, 9.17) is 16.3 Å². The van der Waals surface area contributed by atoms with E-state index in [1.807, 2.05) is 24.3 Å². The normalized spacial score (nSPS) is 16.0. The Labute approximate surface area is 229 Å². The van der Waals surface area contributed by atoms with Gasteiger partial charge in [0.1, 0.15) is 16.9 Å². The number of piperazine rings is 1. The largest absolute Gasteiger partial charge is 0.444 e. The van der Waals surface area contributed by atoms with Gasteiger partial charge in [-0.05, 0) is 43.9 Å². The van der Waals surface area contributed by atoms with Gasteiger partial charge in [-0.3, -0.25) is 0 Å². The number of ether oxygens (including phenoxy) is 1. The summed E-state index contributed by atoms with van der Waals surface area (Å²) in [5, 5.41) is 11.7. The van der Waals surface area contributed by atoms with Crippen LogP contribution < -0.4 is 4.90 Å². The number of anilines is 1. The highest BCUT2D eigenvalue weighted by Gasteiger charge is 2.34. The fourth-order valence-corrected chi connectivity index (χ4v) is 5.26. The van der Waals surface area contributed by atoms with E-state index in [-0.39, 0.29) is 43.0 Å². The number of nitriles is 1. The van der Waals surface area contributed by atoms with Crippen molar-refractivity contribution in [1.82, 2.24) is 14.9 Å². The maximum Gasteiger partial charge on any atom is 0.410 e. The number of benzene rings is 3. The molecular weight excluding hydrogens is 524 g/mol. The van der Waals surface area contributed by atoms with Crippen molar-refractivity contribution in [3.05, 3.63) is 65.4 Å². The molecule has 1 fully saturated rings. The maximum absolute atomic E-state index is 16.0. The van der Waals surface area contributed by atoms with Gasteiger partial charge in [0.2, 0.25) is 0 Å². The second-order valence-corrected chi connectivity index (χ2v) is 10.8. The molecule has 7 nitrogen and oxygen atoms in total. The zero-order chi connectivity index (χ0) is 27.9. The molecule has 0 bridgehead atoms. The lowest BCUT2D eigenvalue weighted by molar-refractivity contribution is 0.0145. The SMILES string of the molecule is CC(C)(C)OC(=O)N1CCN(c2nc(F)nc3c(F)c(-c4cccc5cccc(Cl)c45)ccc23)C[C@@H]1CC#N. The molecule has 10 heteroatoms. The summed E-state index contributed by atoms with van der Waals surface area (Å²) in [5.41, 5.74) is -0.0491. The van der Waals surface area contributed by atoms with Gasteiger partial charge in [0, 0.05) is 41.0 Å². The second kappa shape index (κ2) is 10.3. The van der Waals surface area contributed by atoms with Crippen molar-refractivity contribution in [2.75, 3.05) is 24.5 Å². The molecule has 4 aromatic rings. The quantitative estimate of drug-likeness (QED) is 0.264. The van der Waals surface area contributed by atoms with Crippen molar-refractivity contribution in [3.63, 3.8) is 0 Å². The van der Waals surface area contributed by atoms with E-state index in [0.717, 1.165) is 5.39 Å². The molecule has 1 aromatic heterocycles. The predicted molar refractivity (Wildman–Crippen MR) is 147 cm³/mol. The predicted octanol–water partition coefficient (Wildman–Crippen LogP) is 6.72. The average Bonchev–Trinajstić information content (AvgIpc) is 2.88. The molecule has 1 aliphatic rings. The number of aromatic nitrogens is 2. The lowest BCUT2D eigenvalue weighted by Crippen LogP contribution is -2.56. The maximum atomic E-state index is 16.0. The molecule has 5 rings (SSSR count). The van der Waals surface area contributed by atoms with Crippen LogP contribution in [-0.4, -0.2) is 52.2 Å². The summed E-state index contributed by atoms with van der Waals surface area (Å²) < 4.78 is 36.3. The number of rotatable bonds is 3. The topological polar surface area (TPSA) is 82.3 Å². The Morgan fingerprint density at radius 3 is 2.56 bits per heavy atom. The monoisotopic (exact) mass is 549 g/mol. The van der Waals surface area contributed by atoms with Crippen molar-refractivity contribution >= 4 is 45.2 Å². The van der Waals surface area contributed by atoms with Crippen molar-refractivity contribution in [2.24, 2.45) is 0 Å². The van der Waals surface area contributed by atoms with E-state index in [1.54, 1.807) is 49.9 Å². The molecule has 0 saturated carbocycles. The Hall–Kier alpha value is -4.03. The average molecular weight is 550 g/mol. The molecule has 0 unspecified atom stereocenters. The van der Waals surface area contributed by atoms with E-state index >= 15 is 4.39 Å². The molecule has 2 heterocycles. The molecule has 0 spiro atoms. The van der Waals surface area contributed by atoms with Gasteiger partial charge in [-0.25, -0.2) is 9.18 Å². The third-order valence-electron chi connectivity index (χ3n) is 6.64. The van der Waals surface area contributed by atoms with Crippen LogP contribution in [-0.2, 0) is 4.74 Å². The molecule has 200 valence electrons. The highest BCUT2D eigenvalue weighted by atomic mass is 35.5. The van der Waals surface area contributed by atoms with Crippen LogP contribution in [0.1, 0.15) is 27.2 Å². The van der Waals surface area contributed by atoms with Crippen LogP contribution in [0.2, 0.25) is 5.02 Å². The van der Waals surface area contributed by atoms with Crippen LogP contribution in [0, 0.1) is 23.2 Å². The van der Waals surface area contributed by atoms with E-state index in [2.05, 4.69) is 16.0 Å². The lowest BCUT2D eigenvalue weighted by atomic mass is 9.96. The standard InChI is InChI=1S/C29H26ClF2N5O2/c1-29(2,3)39-28(38)37-15-14-36(16-18(37)12-13-33)26-21-11-10-20(24(31)25(21)34-27(32)35-26)19-8-4-6-17-7-5-9-22(30)23(17)19/h4-11,18H,12,14-16H2,1-3H3/t18-/m0/s1. The van der Waals surface area contributed by atoms with Crippen molar-refractivity contribution in [1.29, 1.82) is 5.26 Å². The number of carbonyl (C=O) groups excluding carboxylic acids is 1. The summed E-state index contributed by atoms with van der Waals surface area (Å²) in [5.74, 6) is -0.492. The Morgan fingerprint density at radius 2 is 1.85 bits per heavy atom. The van der Waals surface area contributed by atoms with Crippen LogP contribution in [0.5, 0.6) is 0 Å². The lowest BCUT2D eigenvalue weighted by Gasteiger charge is -2.41. The minimum absolute atomic E-state index is 0.0432.